The third-order valence-electron chi connectivity index (χ3n) is 3.85. The van der Waals surface area contributed by atoms with Crippen molar-refractivity contribution in [1.29, 1.82) is 0 Å². The number of carboxylic acid groups (broad SMARTS) is 1. The molecular formula is C20H20BrNO5. The van der Waals surface area contributed by atoms with Gasteiger partial charge in [0, 0.05) is 27.2 Å². The fraction of sp³-hybridized carbons (Fsp3) is 0.200. The lowest BCUT2D eigenvalue weighted by Crippen LogP contribution is -2.28. The Morgan fingerprint density at radius 1 is 1.19 bits per heavy atom. The lowest BCUT2D eigenvalue weighted by atomic mass is 9.81. The van der Waals surface area contributed by atoms with Gasteiger partial charge in [-0.3, -0.25) is 5.32 Å². The molecule has 3 N–H and O–H groups in total. The lowest BCUT2D eigenvalue weighted by molar-refractivity contribution is -0.131. The van der Waals surface area contributed by atoms with Crippen LogP contribution in [0.2, 0.25) is 0 Å². The quantitative estimate of drug-likeness (QED) is 0.549. The average molecular weight is 434 g/mol. The van der Waals surface area contributed by atoms with Gasteiger partial charge in [-0.15, -0.1) is 0 Å². The third kappa shape index (κ3) is 5.86. The highest BCUT2D eigenvalue weighted by Gasteiger charge is 2.34. The van der Waals surface area contributed by atoms with Crippen LogP contribution in [-0.2, 0) is 9.53 Å². The number of anilines is 1. The molecule has 0 aliphatic rings. The molecule has 0 saturated carbocycles. The largest absolute Gasteiger partial charge is 0.508 e. The molecule has 0 aliphatic carbocycles. The summed E-state index contributed by atoms with van der Waals surface area (Å²) in [6.07, 6.45) is 0.757. The van der Waals surface area contributed by atoms with E-state index in [1.807, 2.05) is 6.07 Å². The van der Waals surface area contributed by atoms with Gasteiger partial charge in [-0.05, 0) is 30.3 Å². The minimum Gasteiger partial charge on any atom is -0.508 e. The number of ether oxygens (including phenoxy) is 1. The van der Waals surface area contributed by atoms with Crippen LogP contribution in [0, 0.1) is 5.41 Å². The van der Waals surface area contributed by atoms with Crippen LogP contribution >= 0.6 is 15.9 Å². The molecule has 1 amide bonds. The van der Waals surface area contributed by atoms with Gasteiger partial charge in [-0.2, -0.15) is 0 Å². The first-order chi connectivity index (χ1) is 12.7. The first kappa shape index (κ1) is 20.5. The van der Waals surface area contributed by atoms with Crippen molar-refractivity contribution in [1.82, 2.24) is 0 Å². The number of para-hydroxylation sites is 1. The van der Waals surface area contributed by atoms with Gasteiger partial charge in [-0.25, -0.2) is 9.59 Å². The molecular weight excluding hydrogens is 414 g/mol. The fourth-order valence-corrected chi connectivity index (χ4v) is 2.88. The molecule has 0 heterocycles. The predicted molar refractivity (Wildman–Crippen MR) is 106 cm³/mol. The van der Waals surface area contributed by atoms with E-state index in [1.54, 1.807) is 50.2 Å². The molecule has 0 aromatic heterocycles. The van der Waals surface area contributed by atoms with Crippen molar-refractivity contribution in [3.63, 3.8) is 0 Å². The van der Waals surface area contributed by atoms with Gasteiger partial charge in [0.15, 0.2) is 0 Å². The number of carboxylic acids is 1. The Morgan fingerprint density at radius 2 is 1.85 bits per heavy atom. The Labute approximate surface area is 165 Å². The van der Waals surface area contributed by atoms with E-state index in [9.17, 15) is 14.7 Å². The smallest absolute Gasteiger partial charge is 0.412 e. The van der Waals surface area contributed by atoms with Gasteiger partial charge < -0.3 is 14.9 Å². The SMILES string of the molecule is CC(C)(/C=C/C(=O)O)[C@@H](OC(=O)Nc1ccccc1)c1cc(Br)ccc1O. The van der Waals surface area contributed by atoms with E-state index in [1.165, 1.54) is 12.1 Å². The van der Waals surface area contributed by atoms with E-state index in [0.29, 0.717) is 15.7 Å². The lowest BCUT2D eigenvalue weighted by Gasteiger charge is -2.32. The second-order valence-electron chi connectivity index (χ2n) is 6.47. The molecule has 7 heteroatoms. The molecule has 0 bridgehead atoms. The minimum atomic E-state index is -1.12. The first-order valence-electron chi connectivity index (χ1n) is 8.12. The molecule has 0 fully saturated rings. The number of amides is 1. The molecule has 0 radical (unpaired) electrons. The summed E-state index contributed by atoms with van der Waals surface area (Å²) in [6.45, 7) is 3.43. The molecule has 0 spiro atoms. The van der Waals surface area contributed by atoms with Crippen molar-refractivity contribution in [3.05, 3.63) is 70.7 Å². The van der Waals surface area contributed by atoms with Gasteiger partial charge >= 0.3 is 12.1 Å². The van der Waals surface area contributed by atoms with E-state index in [2.05, 4.69) is 21.2 Å². The number of hydrogen-bond acceptors (Lipinski definition) is 4. The average Bonchev–Trinajstić information content (AvgIpc) is 2.61. The Hall–Kier alpha value is -2.80. The van der Waals surface area contributed by atoms with Crippen molar-refractivity contribution in [3.8, 4) is 5.75 Å². The fourth-order valence-electron chi connectivity index (χ4n) is 2.50. The maximum Gasteiger partial charge on any atom is 0.412 e. The number of carbonyl (C=O) groups excluding carboxylic acids is 1. The number of aromatic hydroxyl groups is 1. The number of hydrogen-bond donors (Lipinski definition) is 3. The summed E-state index contributed by atoms with van der Waals surface area (Å²) < 4.78 is 6.28. The summed E-state index contributed by atoms with van der Waals surface area (Å²) >= 11 is 3.33. The maximum atomic E-state index is 12.4. The van der Waals surface area contributed by atoms with Gasteiger partial charge in [-0.1, -0.05) is 54.1 Å². The molecule has 2 aromatic rings. The topological polar surface area (TPSA) is 95.9 Å². The van der Waals surface area contributed by atoms with Gasteiger partial charge in [0.05, 0.1) is 0 Å². The third-order valence-corrected chi connectivity index (χ3v) is 4.34. The van der Waals surface area contributed by atoms with Crippen LogP contribution in [0.3, 0.4) is 0 Å². The number of benzene rings is 2. The van der Waals surface area contributed by atoms with Crippen LogP contribution in [0.15, 0.2) is 65.2 Å². The number of rotatable bonds is 6. The summed E-state index contributed by atoms with van der Waals surface area (Å²) in [4.78, 5) is 23.3. The van der Waals surface area contributed by atoms with Crippen molar-refractivity contribution < 1.29 is 24.5 Å². The Bertz CT molecular complexity index is 849. The maximum absolute atomic E-state index is 12.4. The van der Waals surface area contributed by atoms with Crippen LogP contribution in [-0.4, -0.2) is 22.3 Å². The zero-order chi connectivity index (χ0) is 20.0. The van der Waals surface area contributed by atoms with Crippen LogP contribution < -0.4 is 5.32 Å². The monoisotopic (exact) mass is 433 g/mol. The van der Waals surface area contributed by atoms with Crippen molar-refractivity contribution in [2.24, 2.45) is 5.41 Å². The van der Waals surface area contributed by atoms with Crippen LogP contribution in [0.4, 0.5) is 10.5 Å². The summed E-state index contributed by atoms with van der Waals surface area (Å²) in [5.41, 5.74) is -0.00347. The number of nitrogens with one attached hydrogen (secondary N) is 1. The van der Waals surface area contributed by atoms with E-state index in [4.69, 9.17) is 9.84 Å². The van der Waals surface area contributed by atoms with Crippen molar-refractivity contribution in [2.45, 2.75) is 20.0 Å². The highest BCUT2D eigenvalue weighted by atomic mass is 79.9. The van der Waals surface area contributed by atoms with Gasteiger partial charge in [0.2, 0.25) is 0 Å². The zero-order valence-corrected chi connectivity index (χ0v) is 16.4. The van der Waals surface area contributed by atoms with E-state index >= 15 is 0 Å². The normalized spacial score (nSPS) is 12.6. The zero-order valence-electron chi connectivity index (χ0n) is 14.8. The van der Waals surface area contributed by atoms with Gasteiger partial charge in [0.1, 0.15) is 11.9 Å². The van der Waals surface area contributed by atoms with Crippen molar-refractivity contribution in [2.75, 3.05) is 5.32 Å². The molecule has 2 aromatic carbocycles. The summed E-state index contributed by atoms with van der Waals surface area (Å²) in [7, 11) is 0. The minimum absolute atomic E-state index is 0.0625. The molecule has 6 nitrogen and oxygen atoms in total. The van der Waals surface area contributed by atoms with E-state index < -0.39 is 23.6 Å². The number of phenolic OH excluding ortho intramolecular Hbond substituents is 1. The molecule has 142 valence electrons. The van der Waals surface area contributed by atoms with Gasteiger partial charge in [0.25, 0.3) is 0 Å². The summed E-state index contributed by atoms with van der Waals surface area (Å²) in [5.74, 6) is -1.18. The van der Waals surface area contributed by atoms with Crippen molar-refractivity contribution >= 4 is 33.7 Å². The highest BCUT2D eigenvalue weighted by Crippen LogP contribution is 2.42. The molecule has 0 saturated heterocycles. The highest BCUT2D eigenvalue weighted by molar-refractivity contribution is 9.10. The van der Waals surface area contributed by atoms with E-state index in [0.717, 1.165) is 6.08 Å². The van der Waals surface area contributed by atoms with Crippen LogP contribution in [0.1, 0.15) is 25.5 Å². The van der Waals surface area contributed by atoms with E-state index in [-0.39, 0.29) is 5.75 Å². The number of halogens is 1. The number of aliphatic carboxylic acids is 1. The summed E-state index contributed by atoms with van der Waals surface area (Å²) in [5, 5.41) is 21.8. The molecule has 2 rings (SSSR count). The molecule has 0 unspecified atom stereocenters. The number of carbonyl (C=O) groups is 2. The van der Waals surface area contributed by atoms with Crippen LogP contribution in [0.5, 0.6) is 5.75 Å². The second kappa shape index (κ2) is 8.73. The summed E-state index contributed by atoms with van der Waals surface area (Å²) in [6, 6.07) is 13.5. The Kier molecular flexibility index (Phi) is 6.63. The van der Waals surface area contributed by atoms with Crippen LogP contribution in [0.25, 0.3) is 0 Å². The Balaban J connectivity index is 2.35. The molecule has 0 aliphatic heterocycles. The Morgan fingerprint density at radius 3 is 2.48 bits per heavy atom. The first-order valence-corrected chi connectivity index (χ1v) is 8.91. The molecule has 1 atom stereocenters. The second-order valence-corrected chi connectivity index (χ2v) is 7.39. The molecule has 27 heavy (non-hydrogen) atoms. The standard InChI is InChI=1S/C20H20BrNO5/c1-20(2,11-10-17(24)25)18(15-12-13(21)8-9-16(15)23)27-19(26)22-14-6-4-3-5-7-14/h3-12,18,23H,1-2H3,(H,22,26)(H,24,25)/b11-10+/t18-/m0/s1. The number of phenols is 1. The predicted octanol–water partition coefficient (Wildman–Crippen LogP) is 5.11.